The molecule has 0 saturated carbocycles. The molecule has 0 saturated heterocycles. The van der Waals surface area contributed by atoms with E-state index in [0.29, 0.717) is 5.92 Å². The average molecular weight is 294 g/mol. The number of rotatable bonds is 1. The van der Waals surface area contributed by atoms with E-state index in [2.05, 4.69) is 57.6 Å². The van der Waals surface area contributed by atoms with Crippen LogP contribution in [0, 0.1) is 0 Å². The summed E-state index contributed by atoms with van der Waals surface area (Å²) in [5.41, 5.74) is 2.73. The summed E-state index contributed by atoms with van der Waals surface area (Å²) < 4.78 is 1.22. The van der Waals surface area contributed by atoms with Crippen molar-refractivity contribution in [1.82, 2.24) is 0 Å². The van der Waals surface area contributed by atoms with Crippen LogP contribution in [0.2, 0.25) is 0 Å². The van der Waals surface area contributed by atoms with Crippen molar-refractivity contribution in [2.45, 2.75) is 12.3 Å². The van der Waals surface area contributed by atoms with E-state index >= 15 is 0 Å². The second-order valence-electron chi connectivity index (χ2n) is 4.00. The highest BCUT2D eigenvalue weighted by Gasteiger charge is 2.22. The highest BCUT2D eigenvalue weighted by molar-refractivity contribution is 9.11. The Hall–Kier alpha value is -0.800. The molecule has 1 aromatic heterocycles. The van der Waals surface area contributed by atoms with Crippen LogP contribution in [-0.4, -0.2) is 6.54 Å². The maximum atomic E-state index is 3.54. The van der Waals surface area contributed by atoms with Gasteiger partial charge < -0.3 is 5.32 Å². The van der Waals surface area contributed by atoms with Gasteiger partial charge in [0.1, 0.15) is 0 Å². The van der Waals surface area contributed by atoms with Gasteiger partial charge in [0.15, 0.2) is 0 Å². The molecule has 3 rings (SSSR count). The van der Waals surface area contributed by atoms with Gasteiger partial charge in [-0.15, -0.1) is 11.3 Å². The molecule has 16 heavy (non-hydrogen) atoms. The molecule has 0 spiro atoms. The summed E-state index contributed by atoms with van der Waals surface area (Å²) in [5.74, 6) is 0.564. The molecule has 1 aromatic carbocycles. The summed E-state index contributed by atoms with van der Waals surface area (Å²) in [6.45, 7) is 1.07. The highest BCUT2D eigenvalue weighted by Crippen LogP contribution is 2.40. The van der Waals surface area contributed by atoms with Gasteiger partial charge in [0, 0.05) is 23.0 Å². The molecule has 0 bridgehead atoms. The zero-order valence-electron chi connectivity index (χ0n) is 8.74. The number of halogens is 1. The van der Waals surface area contributed by atoms with Gasteiger partial charge in [0.2, 0.25) is 0 Å². The zero-order chi connectivity index (χ0) is 11.0. The van der Waals surface area contributed by atoms with E-state index < -0.39 is 0 Å². The van der Waals surface area contributed by atoms with Gasteiger partial charge in [0.05, 0.1) is 3.79 Å². The minimum atomic E-state index is 0.564. The van der Waals surface area contributed by atoms with E-state index in [4.69, 9.17) is 0 Å². The third-order valence-electron chi connectivity index (χ3n) is 3.02. The standard InChI is InChI=1S/C13H12BrNS/c14-13-6-5-12(16-13)10-7-8-15-11-4-2-1-3-9(10)11/h1-6,10,15H,7-8H2. The van der Waals surface area contributed by atoms with Gasteiger partial charge in [-0.05, 0) is 46.1 Å². The lowest BCUT2D eigenvalue weighted by Gasteiger charge is -2.25. The van der Waals surface area contributed by atoms with Crippen molar-refractivity contribution in [3.63, 3.8) is 0 Å². The normalized spacial score (nSPS) is 18.9. The number of thiophene rings is 1. The van der Waals surface area contributed by atoms with Crippen LogP contribution < -0.4 is 5.32 Å². The van der Waals surface area contributed by atoms with Crippen molar-refractivity contribution in [3.05, 3.63) is 50.6 Å². The van der Waals surface area contributed by atoms with Crippen LogP contribution >= 0.6 is 27.3 Å². The van der Waals surface area contributed by atoms with Gasteiger partial charge in [0.25, 0.3) is 0 Å². The van der Waals surface area contributed by atoms with Crippen molar-refractivity contribution in [1.29, 1.82) is 0 Å². The van der Waals surface area contributed by atoms with Crippen molar-refractivity contribution in [2.24, 2.45) is 0 Å². The lowest BCUT2D eigenvalue weighted by Crippen LogP contribution is -2.16. The number of hydrogen-bond acceptors (Lipinski definition) is 2. The van der Waals surface area contributed by atoms with Crippen LogP contribution in [0.15, 0.2) is 40.2 Å². The Morgan fingerprint density at radius 1 is 1.19 bits per heavy atom. The van der Waals surface area contributed by atoms with Crippen LogP contribution in [0.1, 0.15) is 22.8 Å². The van der Waals surface area contributed by atoms with Crippen LogP contribution in [-0.2, 0) is 0 Å². The molecule has 0 amide bonds. The van der Waals surface area contributed by atoms with Crippen LogP contribution in [0.4, 0.5) is 5.69 Å². The first kappa shape index (κ1) is 10.4. The SMILES string of the molecule is Brc1ccc(C2CCNc3ccccc32)s1. The maximum Gasteiger partial charge on any atom is 0.0701 e. The van der Waals surface area contributed by atoms with Gasteiger partial charge >= 0.3 is 0 Å². The zero-order valence-corrected chi connectivity index (χ0v) is 11.1. The fourth-order valence-corrected chi connectivity index (χ4v) is 3.86. The molecule has 1 N–H and O–H groups in total. The average Bonchev–Trinajstić information content (AvgIpc) is 2.75. The number of anilines is 1. The van der Waals surface area contributed by atoms with Gasteiger partial charge in [-0.1, -0.05) is 18.2 Å². The third kappa shape index (κ3) is 1.78. The number of fused-ring (bicyclic) bond motifs is 1. The topological polar surface area (TPSA) is 12.0 Å². The largest absolute Gasteiger partial charge is 0.385 e. The van der Waals surface area contributed by atoms with Crippen molar-refractivity contribution in [2.75, 3.05) is 11.9 Å². The van der Waals surface area contributed by atoms with E-state index in [1.54, 1.807) is 0 Å². The summed E-state index contributed by atoms with van der Waals surface area (Å²) in [6.07, 6.45) is 1.18. The molecule has 2 aromatic rings. The predicted octanol–water partition coefficient (Wildman–Crippen LogP) is 4.46. The Kier molecular flexibility index (Phi) is 2.74. The summed E-state index contributed by atoms with van der Waals surface area (Å²) in [6, 6.07) is 13.0. The van der Waals surface area contributed by atoms with E-state index in [9.17, 15) is 0 Å². The molecule has 0 fully saturated rings. The Morgan fingerprint density at radius 3 is 2.88 bits per heavy atom. The first-order valence-electron chi connectivity index (χ1n) is 5.42. The molecular weight excluding hydrogens is 282 g/mol. The molecule has 1 nitrogen and oxygen atoms in total. The molecule has 1 atom stereocenters. The molecule has 1 aliphatic rings. The lowest BCUT2D eigenvalue weighted by molar-refractivity contribution is 0.731. The Bertz CT molecular complexity index is 506. The van der Waals surface area contributed by atoms with Gasteiger partial charge in [-0.3, -0.25) is 0 Å². The first-order chi connectivity index (χ1) is 7.84. The second-order valence-corrected chi connectivity index (χ2v) is 6.49. The minimum Gasteiger partial charge on any atom is -0.385 e. The quantitative estimate of drug-likeness (QED) is 0.819. The van der Waals surface area contributed by atoms with Crippen molar-refractivity contribution >= 4 is 33.0 Å². The van der Waals surface area contributed by atoms with E-state index in [1.165, 1.54) is 26.3 Å². The summed E-state index contributed by atoms with van der Waals surface area (Å²) in [4.78, 5) is 1.46. The summed E-state index contributed by atoms with van der Waals surface area (Å²) >= 11 is 5.39. The molecule has 0 radical (unpaired) electrons. The number of para-hydroxylation sites is 1. The van der Waals surface area contributed by atoms with Crippen LogP contribution in [0.25, 0.3) is 0 Å². The first-order valence-corrected chi connectivity index (χ1v) is 7.03. The monoisotopic (exact) mass is 293 g/mol. The van der Waals surface area contributed by atoms with Gasteiger partial charge in [-0.25, -0.2) is 0 Å². The van der Waals surface area contributed by atoms with Crippen molar-refractivity contribution in [3.8, 4) is 0 Å². The van der Waals surface area contributed by atoms with Gasteiger partial charge in [-0.2, -0.15) is 0 Å². The molecule has 1 unspecified atom stereocenters. The fourth-order valence-electron chi connectivity index (χ4n) is 2.28. The van der Waals surface area contributed by atoms with Crippen LogP contribution in [0.3, 0.4) is 0 Å². The molecular formula is C13H12BrNS. The number of hydrogen-bond donors (Lipinski definition) is 1. The molecule has 82 valence electrons. The van der Waals surface area contributed by atoms with Crippen molar-refractivity contribution < 1.29 is 0 Å². The Labute approximate surface area is 108 Å². The Morgan fingerprint density at radius 2 is 2.06 bits per heavy atom. The molecule has 2 heterocycles. The maximum absolute atomic E-state index is 3.54. The van der Waals surface area contributed by atoms with E-state index in [1.807, 2.05) is 11.3 Å². The molecule has 0 aliphatic carbocycles. The number of nitrogens with one attached hydrogen (secondary N) is 1. The third-order valence-corrected chi connectivity index (χ3v) is 4.76. The molecule has 1 aliphatic heterocycles. The predicted molar refractivity (Wildman–Crippen MR) is 73.4 cm³/mol. The minimum absolute atomic E-state index is 0.564. The summed E-state index contributed by atoms with van der Waals surface area (Å²) in [5, 5.41) is 3.46. The van der Waals surface area contributed by atoms with E-state index in [0.717, 1.165) is 6.54 Å². The lowest BCUT2D eigenvalue weighted by atomic mass is 9.90. The second kappa shape index (κ2) is 4.22. The highest BCUT2D eigenvalue weighted by atomic mass is 79.9. The number of benzene rings is 1. The fraction of sp³-hybridized carbons (Fsp3) is 0.231. The smallest absolute Gasteiger partial charge is 0.0701 e. The van der Waals surface area contributed by atoms with E-state index in [-0.39, 0.29) is 0 Å². The summed E-state index contributed by atoms with van der Waals surface area (Å²) in [7, 11) is 0. The molecule has 3 heteroatoms. The Balaban J connectivity index is 2.04. The van der Waals surface area contributed by atoms with Crippen LogP contribution in [0.5, 0.6) is 0 Å².